The van der Waals surface area contributed by atoms with Crippen LogP contribution in [0.5, 0.6) is 0 Å². The minimum atomic E-state index is -0.911. The van der Waals surface area contributed by atoms with Gasteiger partial charge in [-0.15, -0.1) is 0 Å². The molecule has 0 saturated carbocycles. The highest BCUT2D eigenvalue weighted by atomic mass is 16.4. The first-order valence-corrected chi connectivity index (χ1v) is 5.43. The van der Waals surface area contributed by atoms with Gasteiger partial charge in [0, 0.05) is 6.54 Å². The van der Waals surface area contributed by atoms with E-state index in [9.17, 15) is 9.59 Å². The summed E-state index contributed by atoms with van der Waals surface area (Å²) in [5.41, 5.74) is 0.996. The Morgan fingerprint density at radius 1 is 1.41 bits per heavy atom. The molecule has 1 fully saturated rings. The fourth-order valence-corrected chi connectivity index (χ4v) is 2.00. The standard InChI is InChI=1S/C12H14N2O3/c15-11-7-14(8-12(16)17)6-10(13-11)9-4-2-1-3-5-9/h1-5,10H,6-8H2,(H,13,15)(H,16,17)/t10-/m1/s1. The van der Waals surface area contributed by atoms with Crippen LogP contribution in [0.4, 0.5) is 0 Å². The molecule has 1 aliphatic rings. The van der Waals surface area contributed by atoms with Crippen molar-refractivity contribution in [2.24, 2.45) is 0 Å². The number of carboxylic acid groups (broad SMARTS) is 1. The Balaban J connectivity index is 2.09. The summed E-state index contributed by atoms with van der Waals surface area (Å²) in [4.78, 5) is 23.8. The fourth-order valence-electron chi connectivity index (χ4n) is 2.00. The average molecular weight is 234 g/mol. The highest BCUT2D eigenvalue weighted by Gasteiger charge is 2.26. The van der Waals surface area contributed by atoms with Crippen LogP contribution in [0.2, 0.25) is 0 Å². The zero-order valence-corrected chi connectivity index (χ0v) is 9.30. The van der Waals surface area contributed by atoms with E-state index in [1.54, 1.807) is 4.90 Å². The predicted octanol–water partition coefficient (Wildman–Crippen LogP) is 0.244. The zero-order valence-electron chi connectivity index (χ0n) is 9.30. The molecule has 5 nitrogen and oxygen atoms in total. The minimum absolute atomic E-state index is 0.100. The van der Waals surface area contributed by atoms with E-state index in [0.717, 1.165) is 5.56 Å². The molecule has 0 unspecified atom stereocenters. The van der Waals surface area contributed by atoms with E-state index >= 15 is 0 Å². The lowest BCUT2D eigenvalue weighted by Gasteiger charge is -2.32. The number of benzene rings is 1. The van der Waals surface area contributed by atoms with Crippen LogP contribution in [0.1, 0.15) is 11.6 Å². The largest absolute Gasteiger partial charge is 0.480 e. The first kappa shape index (κ1) is 11.6. The van der Waals surface area contributed by atoms with E-state index in [1.807, 2.05) is 30.3 Å². The van der Waals surface area contributed by atoms with Crippen LogP contribution in [-0.4, -0.2) is 41.5 Å². The second-order valence-corrected chi connectivity index (χ2v) is 4.09. The van der Waals surface area contributed by atoms with Crippen molar-refractivity contribution < 1.29 is 14.7 Å². The third-order valence-electron chi connectivity index (χ3n) is 2.70. The number of carbonyl (C=O) groups excluding carboxylic acids is 1. The second kappa shape index (κ2) is 4.97. The molecule has 0 aromatic heterocycles. The lowest BCUT2D eigenvalue weighted by molar-refractivity contribution is -0.139. The Morgan fingerprint density at radius 2 is 2.12 bits per heavy atom. The molecule has 2 N–H and O–H groups in total. The van der Waals surface area contributed by atoms with E-state index in [2.05, 4.69) is 5.32 Å². The van der Waals surface area contributed by atoms with Crippen molar-refractivity contribution in [3.63, 3.8) is 0 Å². The molecule has 90 valence electrons. The number of carboxylic acids is 1. The van der Waals surface area contributed by atoms with Gasteiger partial charge < -0.3 is 10.4 Å². The van der Waals surface area contributed by atoms with Gasteiger partial charge in [0.05, 0.1) is 19.1 Å². The molecule has 5 heteroatoms. The summed E-state index contributed by atoms with van der Waals surface area (Å²) in [6.07, 6.45) is 0. The van der Waals surface area contributed by atoms with Gasteiger partial charge in [0.1, 0.15) is 0 Å². The molecule has 1 aliphatic heterocycles. The van der Waals surface area contributed by atoms with Gasteiger partial charge >= 0.3 is 5.97 Å². The van der Waals surface area contributed by atoms with Crippen molar-refractivity contribution in [1.82, 2.24) is 10.2 Å². The van der Waals surface area contributed by atoms with Gasteiger partial charge in [-0.3, -0.25) is 14.5 Å². The lowest BCUT2D eigenvalue weighted by Crippen LogP contribution is -2.50. The quantitative estimate of drug-likeness (QED) is 0.786. The third-order valence-corrected chi connectivity index (χ3v) is 2.70. The molecule has 0 spiro atoms. The number of carbonyl (C=O) groups is 2. The summed E-state index contributed by atoms with van der Waals surface area (Å²) in [6, 6.07) is 9.43. The molecule has 1 atom stereocenters. The van der Waals surface area contributed by atoms with E-state index in [-0.39, 0.29) is 25.0 Å². The van der Waals surface area contributed by atoms with E-state index in [0.29, 0.717) is 6.54 Å². The maximum atomic E-state index is 11.5. The Morgan fingerprint density at radius 3 is 2.76 bits per heavy atom. The summed E-state index contributed by atoms with van der Waals surface area (Å²) < 4.78 is 0. The van der Waals surface area contributed by atoms with Crippen LogP contribution in [0.15, 0.2) is 30.3 Å². The molecule has 1 amide bonds. The Labute approximate surface area is 99.0 Å². The van der Waals surface area contributed by atoms with Gasteiger partial charge in [0.15, 0.2) is 0 Å². The Hall–Kier alpha value is -1.88. The molecule has 0 bridgehead atoms. The number of aliphatic carboxylic acids is 1. The number of hydrogen-bond donors (Lipinski definition) is 2. The third kappa shape index (κ3) is 3.04. The number of nitrogens with one attached hydrogen (secondary N) is 1. The fraction of sp³-hybridized carbons (Fsp3) is 0.333. The monoisotopic (exact) mass is 234 g/mol. The Kier molecular flexibility index (Phi) is 3.39. The van der Waals surface area contributed by atoms with Gasteiger partial charge in [-0.1, -0.05) is 30.3 Å². The van der Waals surface area contributed by atoms with Crippen molar-refractivity contribution in [2.75, 3.05) is 19.6 Å². The van der Waals surface area contributed by atoms with Gasteiger partial charge in [-0.2, -0.15) is 0 Å². The highest BCUT2D eigenvalue weighted by Crippen LogP contribution is 2.16. The minimum Gasteiger partial charge on any atom is -0.480 e. The van der Waals surface area contributed by atoms with Gasteiger partial charge in [-0.25, -0.2) is 0 Å². The summed E-state index contributed by atoms with van der Waals surface area (Å²) in [6.45, 7) is 0.578. The molecule has 0 aliphatic carbocycles. The van der Waals surface area contributed by atoms with Crippen LogP contribution in [0, 0.1) is 0 Å². The van der Waals surface area contributed by atoms with Gasteiger partial charge in [0.2, 0.25) is 5.91 Å². The maximum absolute atomic E-state index is 11.5. The van der Waals surface area contributed by atoms with Gasteiger partial charge in [0.25, 0.3) is 0 Å². The number of amides is 1. The van der Waals surface area contributed by atoms with Crippen molar-refractivity contribution >= 4 is 11.9 Å². The molecule has 1 heterocycles. The molecule has 2 rings (SSSR count). The first-order valence-electron chi connectivity index (χ1n) is 5.43. The van der Waals surface area contributed by atoms with E-state index < -0.39 is 5.97 Å². The van der Waals surface area contributed by atoms with Crippen molar-refractivity contribution in [3.05, 3.63) is 35.9 Å². The molecular formula is C12H14N2O3. The number of hydrogen-bond acceptors (Lipinski definition) is 3. The average Bonchev–Trinajstić information content (AvgIpc) is 2.28. The van der Waals surface area contributed by atoms with Crippen LogP contribution >= 0.6 is 0 Å². The number of rotatable bonds is 3. The molecule has 1 aromatic rings. The summed E-state index contributed by atoms with van der Waals surface area (Å²) in [7, 11) is 0. The van der Waals surface area contributed by atoms with E-state index in [4.69, 9.17) is 5.11 Å². The number of nitrogens with zero attached hydrogens (tertiary/aromatic N) is 1. The van der Waals surface area contributed by atoms with E-state index in [1.165, 1.54) is 0 Å². The summed E-state index contributed by atoms with van der Waals surface area (Å²) in [5, 5.41) is 11.6. The molecule has 17 heavy (non-hydrogen) atoms. The summed E-state index contributed by atoms with van der Waals surface area (Å²) >= 11 is 0. The van der Waals surface area contributed by atoms with Crippen LogP contribution in [0.25, 0.3) is 0 Å². The molecule has 0 radical (unpaired) electrons. The lowest BCUT2D eigenvalue weighted by atomic mass is 10.0. The van der Waals surface area contributed by atoms with Crippen LogP contribution < -0.4 is 5.32 Å². The van der Waals surface area contributed by atoms with Crippen molar-refractivity contribution in [2.45, 2.75) is 6.04 Å². The Bertz CT molecular complexity index is 417. The topological polar surface area (TPSA) is 69.6 Å². The van der Waals surface area contributed by atoms with Gasteiger partial charge in [-0.05, 0) is 5.56 Å². The smallest absolute Gasteiger partial charge is 0.317 e. The second-order valence-electron chi connectivity index (χ2n) is 4.09. The number of piperazine rings is 1. The summed E-state index contributed by atoms with van der Waals surface area (Å²) in [5.74, 6) is -1.04. The zero-order chi connectivity index (χ0) is 12.3. The predicted molar refractivity (Wildman–Crippen MR) is 61.4 cm³/mol. The SMILES string of the molecule is O=C(O)CN1CC(=O)N[C@@H](c2ccccc2)C1. The normalized spacial score (nSPS) is 20.9. The highest BCUT2D eigenvalue weighted by molar-refractivity contribution is 5.80. The molecular weight excluding hydrogens is 220 g/mol. The van der Waals surface area contributed by atoms with Crippen LogP contribution in [0.3, 0.4) is 0 Å². The van der Waals surface area contributed by atoms with Crippen molar-refractivity contribution in [1.29, 1.82) is 0 Å². The maximum Gasteiger partial charge on any atom is 0.317 e. The molecule has 1 aromatic carbocycles. The molecule has 1 saturated heterocycles. The first-order chi connectivity index (χ1) is 8.15. The van der Waals surface area contributed by atoms with Crippen LogP contribution in [-0.2, 0) is 9.59 Å². The van der Waals surface area contributed by atoms with Crippen molar-refractivity contribution in [3.8, 4) is 0 Å².